The van der Waals surface area contributed by atoms with Gasteiger partial charge in [-0.05, 0) is 43.4 Å². The van der Waals surface area contributed by atoms with Crippen LogP contribution in [0.1, 0.15) is 24.8 Å². The molecule has 1 amide bonds. The van der Waals surface area contributed by atoms with Crippen LogP contribution in [-0.4, -0.2) is 19.1 Å². The van der Waals surface area contributed by atoms with E-state index >= 15 is 0 Å². The van der Waals surface area contributed by atoms with E-state index in [1.54, 1.807) is 0 Å². The highest BCUT2D eigenvalue weighted by atomic mass is 16.5. The summed E-state index contributed by atoms with van der Waals surface area (Å²) >= 11 is 0. The van der Waals surface area contributed by atoms with Crippen molar-refractivity contribution in [1.29, 1.82) is 0 Å². The number of benzene rings is 1. The quantitative estimate of drug-likeness (QED) is 0.847. The predicted octanol–water partition coefficient (Wildman–Crippen LogP) is 2.29. The molecule has 1 fully saturated rings. The molecular weight excluding hydrogens is 214 g/mol. The molecule has 2 rings (SSSR count). The fourth-order valence-corrected chi connectivity index (χ4v) is 1.86. The van der Waals surface area contributed by atoms with E-state index in [0.717, 1.165) is 17.9 Å². The maximum atomic E-state index is 11.5. The fourth-order valence-electron chi connectivity index (χ4n) is 1.86. The van der Waals surface area contributed by atoms with E-state index in [-0.39, 0.29) is 12.5 Å². The highest BCUT2D eigenvalue weighted by Gasteiger charge is 2.17. The largest absolute Gasteiger partial charge is 0.484 e. The van der Waals surface area contributed by atoms with Gasteiger partial charge in [-0.2, -0.15) is 0 Å². The molecule has 92 valence electrons. The van der Waals surface area contributed by atoms with Crippen LogP contribution >= 0.6 is 0 Å². The van der Waals surface area contributed by atoms with Crippen molar-refractivity contribution >= 4 is 5.91 Å². The van der Waals surface area contributed by atoms with E-state index in [4.69, 9.17) is 4.74 Å². The van der Waals surface area contributed by atoms with Gasteiger partial charge in [0.1, 0.15) is 5.75 Å². The summed E-state index contributed by atoms with van der Waals surface area (Å²) in [6.45, 7) is 2.91. The molecule has 0 spiro atoms. The molecule has 0 heterocycles. The molecule has 0 bridgehead atoms. The lowest BCUT2D eigenvalue weighted by molar-refractivity contribution is -0.123. The Labute approximate surface area is 102 Å². The first kappa shape index (κ1) is 12.0. The average molecular weight is 233 g/mol. The molecule has 1 N–H and O–H groups in total. The number of hydrogen-bond acceptors (Lipinski definition) is 2. The Bertz CT molecular complexity index is 386. The highest BCUT2D eigenvalue weighted by molar-refractivity contribution is 5.77. The second-order valence-electron chi connectivity index (χ2n) is 4.71. The summed E-state index contributed by atoms with van der Waals surface area (Å²) in [5, 5.41) is 2.91. The minimum atomic E-state index is -0.0293. The van der Waals surface area contributed by atoms with Gasteiger partial charge < -0.3 is 10.1 Å². The van der Waals surface area contributed by atoms with Gasteiger partial charge in [-0.3, -0.25) is 4.79 Å². The Morgan fingerprint density at radius 2 is 2.29 bits per heavy atom. The van der Waals surface area contributed by atoms with Crippen molar-refractivity contribution in [3.05, 3.63) is 29.8 Å². The molecule has 0 radical (unpaired) electrons. The van der Waals surface area contributed by atoms with Crippen LogP contribution in [-0.2, 0) is 4.79 Å². The minimum Gasteiger partial charge on any atom is -0.484 e. The normalized spacial score (nSPS) is 15.1. The Balaban J connectivity index is 1.68. The SMILES string of the molecule is Cc1cccc(OCC(=O)NCC2CCC2)c1. The zero-order valence-corrected chi connectivity index (χ0v) is 10.2. The third-order valence-corrected chi connectivity index (χ3v) is 3.17. The summed E-state index contributed by atoms with van der Waals surface area (Å²) < 4.78 is 5.42. The highest BCUT2D eigenvalue weighted by Crippen LogP contribution is 2.25. The number of carbonyl (C=O) groups excluding carboxylic acids is 1. The van der Waals surface area contributed by atoms with Gasteiger partial charge in [0.2, 0.25) is 0 Å². The first-order valence-corrected chi connectivity index (χ1v) is 6.20. The summed E-state index contributed by atoms with van der Waals surface area (Å²) in [6.07, 6.45) is 3.80. The molecule has 3 nitrogen and oxygen atoms in total. The van der Waals surface area contributed by atoms with Gasteiger partial charge in [0, 0.05) is 6.54 Å². The Morgan fingerprint density at radius 1 is 1.47 bits per heavy atom. The van der Waals surface area contributed by atoms with E-state index in [0.29, 0.717) is 5.92 Å². The van der Waals surface area contributed by atoms with Gasteiger partial charge in [0.05, 0.1) is 0 Å². The van der Waals surface area contributed by atoms with Crippen LogP contribution in [0.25, 0.3) is 0 Å². The first-order chi connectivity index (χ1) is 8.24. The number of carbonyl (C=O) groups is 1. The van der Waals surface area contributed by atoms with E-state index < -0.39 is 0 Å². The summed E-state index contributed by atoms with van der Waals surface area (Å²) in [7, 11) is 0. The molecule has 0 aliphatic heterocycles. The summed E-state index contributed by atoms with van der Waals surface area (Å²) in [5.41, 5.74) is 1.14. The monoisotopic (exact) mass is 233 g/mol. The molecule has 1 aliphatic carbocycles. The fraction of sp³-hybridized carbons (Fsp3) is 0.500. The van der Waals surface area contributed by atoms with Crippen LogP contribution in [0.5, 0.6) is 5.75 Å². The van der Waals surface area contributed by atoms with Crippen molar-refractivity contribution < 1.29 is 9.53 Å². The molecule has 1 aromatic carbocycles. The van der Waals surface area contributed by atoms with Crippen molar-refractivity contribution in [1.82, 2.24) is 5.32 Å². The summed E-state index contributed by atoms with van der Waals surface area (Å²) in [4.78, 5) is 11.5. The molecule has 0 unspecified atom stereocenters. The maximum absolute atomic E-state index is 11.5. The van der Waals surface area contributed by atoms with Crippen LogP contribution in [0.2, 0.25) is 0 Å². The van der Waals surface area contributed by atoms with Crippen LogP contribution in [0.3, 0.4) is 0 Å². The van der Waals surface area contributed by atoms with E-state index in [2.05, 4.69) is 5.32 Å². The molecule has 1 aromatic rings. The van der Waals surface area contributed by atoms with Crippen LogP contribution in [0, 0.1) is 12.8 Å². The van der Waals surface area contributed by atoms with Gasteiger partial charge in [-0.25, -0.2) is 0 Å². The summed E-state index contributed by atoms with van der Waals surface area (Å²) in [6, 6.07) is 7.73. The lowest BCUT2D eigenvalue weighted by atomic mass is 9.85. The van der Waals surface area contributed by atoms with E-state index in [1.165, 1.54) is 19.3 Å². The molecule has 0 saturated heterocycles. The maximum Gasteiger partial charge on any atom is 0.257 e. The number of amides is 1. The number of nitrogens with one attached hydrogen (secondary N) is 1. The minimum absolute atomic E-state index is 0.0293. The van der Waals surface area contributed by atoms with Gasteiger partial charge in [0.25, 0.3) is 5.91 Å². The Morgan fingerprint density at radius 3 is 2.94 bits per heavy atom. The van der Waals surface area contributed by atoms with Crippen LogP contribution in [0.15, 0.2) is 24.3 Å². The van der Waals surface area contributed by atoms with Gasteiger partial charge in [-0.1, -0.05) is 18.6 Å². The van der Waals surface area contributed by atoms with E-state index in [9.17, 15) is 4.79 Å². The molecular formula is C14H19NO2. The van der Waals surface area contributed by atoms with Gasteiger partial charge >= 0.3 is 0 Å². The third-order valence-electron chi connectivity index (χ3n) is 3.17. The van der Waals surface area contributed by atoms with Gasteiger partial charge in [0.15, 0.2) is 6.61 Å². The van der Waals surface area contributed by atoms with Gasteiger partial charge in [-0.15, -0.1) is 0 Å². The van der Waals surface area contributed by atoms with Crippen LogP contribution < -0.4 is 10.1 Å². The number of aryl methyl sites for hydroxylation is 1. The molecule has 3 heteroatoms. The van der Waals surface area contributed by atoms with Crippen molar-refractivity contribution in [3.8, 4) is 5.75 Å². The number of hydrogen-bond donors (Lipinski definition) is 1. The third kappa shape index (κ3) is 3.77. The molecule has 1 saturated carbocycles. The van der Waals surface area contributed by atoms with Crippen molar-refractivity contribution in [2.24, 2.45) is 5.92 Å². The molecule has 0 aromatic heterocycles. The average Bonchev–Trinajstić information content (AvgIpc) is 2.24. The lowest BCUT2D eigenvalue weighted by Gasteiger charge is -2.25. The first-order valence-electron chi connectivity index (χ1n) is 6.20. The second kappa shape index (κ2) is 5.71. The predicted molar refractivity (Wildman–Crippen MR) is 67.0 cm³/mol. The topological polar surface area (TPSA) is 38.3 Å². The summed E-state index contributed by atoms with van der Waals surface area (Å²) in [5.74, 6) is 1.42. The Hall–Kier alpha value is -1.51. The van der Waals surface area contributed by atoms with E-state index in [1.807, 2.05) is 31.2 Å². The molecule has 1 aliphatic rings. The second-order valence-corrected chi connectivity index (χ2v) is 4.71. The number of ether oxygens (including phenoxy) is 1. The molecule has 0 atom stereocenters. The van der Waals surface area contributed by atoms with Crippen molar-refractivity contribution in [2.45, 2.75) is 26.2 Å². The Kier molecular flexibility index (Phi) is 4.02. The number of rotatable bonds is 5. The smallest absolute Gasteiger partial charge is 0.257 e. The lowest BCUT2D eigenvalue weighted by Crippen LogP contribution is -2.35. The zero-order chi connectivity index (χ0) is 12.1. The molecule has 17 heavy (non-hydrogen) atoms. The van der Waals surface area contributed by atoms with Crippen LogP contribution in [0.4, 0.5) is 0 Å². The zero-order valence-electron chi connectivity index (χ0n) is 10.2. The van der Waals surface area contributed by atoms with Crippen molar-refractivity contribution in [2.75, 3.05) is 13.2 Å². The van der Waals surface area contributed by atoms with Crippen molar-refractivity contribution in [3.63, 3.8) is 0 Å². The standard InChI is InChI=1S/C14H19NO2/c1-11-4-2-7-13(8-11)17-10-14(16)15-9-12-5-3-6-12/h2,4,7-8,12H,3,5-6,9-10H2,1H3,(H,15,16).